The van der Waals surface area contributed by atoms with Gasteiger partial charge in [-0.05, 0) is 37.0 Å². The third kappa shape index (κ3) is 1.98. The molecule has 22 heavy (non-hydrogen) atoms. The molecule has 6 nitrogen and oxygen atoms in total. The van der Waals surface area contributed by atoms with Crippen LogP contribution in [0.2, 0.25) is 0 Å². The number of hydrogen-bond donors (Lipinski definition) is 0. The number of aliphatic carboxylic acids is 1. The van der Waals surface area contributed by atoms with Gasteiger partial charge in [-0.25, -0.2) is 8.42 Å². The Morgan fingerprint density at radius 2 is 2.05 bits per heavy atom. The van der Waals surface area contributed by atoms with E-state index in [1.165, 1.54) is 0 Å². The fourth-order valence-electron chi connectivity index (χ4n) is 4.81. The van der Waals surface area contributed by atoms with Crippen molar-refractivity contribution in [1.82, 2.24) is 4.31 Å². The molecule has 2 saturated carbocycles. The summed E-state index contributed by atoms with van der Waals surface area (Å²) < 4.78 is 26.7. The summed E-state index contributed by atoms with van der Waals surface area (Å²) in [6, 6.07) is -1.08. The fourth-order valence-corrected chi connectivity index (χ4v) is 7.26. The minimum absolute atomic E-state index is 0.0292. The summed E-state index contributed by atoms with van der Waals surface area (Å²) in [5, 5.41) is 11.2. The van der Waals surface area contributed by atoms with Crippen LogP contribution in [0, 0.1) is 16.7 Å². The van der Waals surface area contributed by atoms with Gasteiger partial charge in [-0.15, -0.1) is 0 Å². The highest BCUT2D eigenvalue weighted by atomic mass is 32.2. The van der Waals surface area contributed by atoms with Crippen LogP contribution in [0.25, 0.3) is 0 Å². The third-order valence-electron chi connectivity index (χ3n) is 6.40. The van der Waals surface area contributed by atoms with Crippen LogP contribution in [-0.4, -0.2) is 42.8 Å². The highest BCUT2D eigenvalue weighted by Crippen LogP contribution is 2.64. The van der Waals surface area contributed by atoms with E-state index in [0.29, 0.717) is 19.3 Å². The van der Waals surface area contributed by atoms with E-state index in [1.807, 2.05) is 13.8 Å². The van der Waals surface area contributed by atoms with E-state index in [2.05, 4.69) is 0 Å². The fraction of sp³-hybridized carbons (Fsp3) is 0.867. The van der Waals surface area contributed by atoms with Gasteiger partial charge in [-0.3, -0.25) is 4.79 Å². The summed E-state index contributed by atoms with van der Waals surface area (Å²) in [5.74, 6) is -1.33. The summed E-state index contributed by atoms with van der Waals surface area (Å²) in [4.78, 5) is 23.6. The average Bonchev–Trinajstić information content (AvgIpc) is 3.02. The molecule has 0 N–H and O–H groups in total. The van der Waals surface area contributed by atoms with Gasteiger partial charge < -0.3 is 9.90 Å². The Balaban J connectivity index is 1.92. The Bertz CT molecular complexity index is 626. The van der Waals surface area contributed by atoms with Crippen molar-refractivity contribution in [3.8, 4) is 0 Å². The molecule has 3 fully saturated rings. The largest absolute Gasteiger partial charge is 0.548 e. The van der Waals surface area contributed by atoms with Gasteiger partial charge in [0.05, 0.1) is 17.8 Å². The van der Waals surface area contributed by atoms with Crippen molar-refractivity contribution in [3.63, 3.8) is 0 Å². The smallest absolute Gasteiger partial charge is 0.215 e. The second-order valence-corrected chi connectivity index (χ2v) is 9.43. The molecule has 2 aliphatic carbocycles. The van der Waals surface area contributed by atoms with E-state index in [4.69, 9.17) is 0 Å². The molecule has 124 valence electrons. The number of Topliss-reactive ketones (excluding diaryl/α,β-unsaturated/α-hetero) is 1. The molecule has 0 amide bonds. The molecule has 3 rings (SSSR count). The number of carboxylic acid groups (broad SMARTS) is 1. The molecule has 0 aromatic heterocycles. The van der Waals surface area contributed by atoms with Crippen LogP contribution >= 0.6 is 0 Å². The first-order valence-electron chi connectivity index (χ1n) is 7.85. The number of fused-ring (bicyclic) bond motifs is 2. The van der Waals surface area contributed by atoms with E-state index in [1.54, 1.807) is 0 Å². The minimum atomic E-state index is -3.79. The van der Waals surface area contributed by atoms with Crippen LogP contribution < -0.4 is 5.11 Å². The molecule has 1 heterocycles. The summed E-state index contributed by atoms with van der Waals surface area (Å²) >= 11 is 0. The van der Waals surface area contributed by atoms with Gasteiger partial charge in [0.15, 0.2) is 0 Å². The van der Waals surface area contributed by atoms with Crippen LogP contribution in [0.3, 0.4) is 0 Å². The number of hydrogen-bond acceptors (Lipinski definition) is 5. The van der Waals surface area contributed by atoms with Gasteiger partial charge in [0, 0.05) is 18.4 Å². The topological polar surface area (TPSA) is 94.6 Å². The Hall–Kier alpha value is -0.950. The summed E-state index contributed by atoms with van der Waals surface area (Å²) in [6.07, 6.45) is 2.72. The SMILES string of the molecule is CC1(C)[C@@H]2CC[C@]1(CS(=O)(=O)N1CCC[C@@H]1C(=O)[O-])C(=O)C2. The first kappa shape index (κ1) is 15.9. The van der Waals surface area contributed by atoms with E-state index < -0.39 is 27.4 Å². The lowest BCUT2D eigenvalue weighted by Crippen LogP contribution is -2.51. The lowest BCUT2D eigenvalue weighted by atomic mass is 9.70. The normalized spacial score (nSPS) is 37.8. The zero-order valence-corrected chi connectivity index (χ0v) is 13.8. The van der Waals surface area contributed by atoms with Crippen molar-refractivity contribution < 1.29 is 23.1 Å². The van der Waals surface area contributed by atoms with Gasteiger partial charge in [-0.2, -0.15) is 4.31 Å². The number of rotatable bonds is 4. The van der Waals surface area contributed by atoms with Gasteiger partial charge in [0.1, 0.15) is 5.78 Å². The van der Waals surface area contributed by atoms with E-state index in [0.717, 1.165) is 10.7 Å². The van der Waals surface area contributed by atoms with Crippen molar-refractivity contribution in [3.05, 3.63) is 0 Å². The van der Waals surface area contributed by atoms with Crippen LogP contribution in [0.15, 0.2) is 0 Å². The zero-order chi connectivity index (χ0) is 16.3. The van der Waals surface area contributed by atoms with Crippen LogP contribution in [0.5, 0.6) is 0 Å². The van der Waals surface area contributed by atoms with Gasteiger partial charge in [0.2, 0.25) is 10.0 Å². The maximum atomic E-state index is 12.8. The van der Waals surface area contributed by atoms with Crippen molar-refractivity contribution in [2.75, 3.05) is 12.3 Å². The minimum Gasteiger partial charge on any atom is -0.548 e. The number of carbonyl (C=O) groups excluding carboxylic acids is 2. The van der Waals surface area contributed by atoms with Gasteiger partial charge in [0.25, 0.3) is 0 Å². The van der Waals surface area contributed by atoms with Gasteiger partial charge >= 0.3 is 0 Å². The number of sulfonamides is 1. The first-order chi connectivity index (χ1) is 10.1. The highest BCUT2D eigenvalue weighted by Gasteiger charge is 2.65. The number of ketones is 1. The van der Waals surface area contributed by atoms with Crippen molar-refractivity contribution in [2.45, 2.75) is 52.0 Å². The molecule has 3 aliphatic rings. The molecule has 2 bridgehead atoms. The van der Waals surface area contributed by atoms with Crippen LogP contribution in [-0.2, 0) is 19.6 Å². The molecule has 0 aromatic carbocycles. The molecular weight excluding hydrogens is 306 g/mol. The molecule has 0 radical (unpaired) electrons. The standard InChI is InChI=1S/C15H23NO5S/c1-14(2)10-5-6-15(14,12(17)8-10)9-22(20,21)16-7-3-4-11(16)13(18)19/h10-11H,3-9H2,1-2H3,(H,18,19)/p-1/t10-,11-,15+/m1/s1. The second kappa shape index (κ2) is 4.77. The van der Waals surface area contributed by atoms with E-state index >= 15 is 0 Å². The maximum Gasteiger partial charge on any atom is 0.215 e. The highest BCUT2D eigenvalue weighted by molar-refractivity contribution is 7.89. The van der Waals surface area contributed by atoms with Crippen LogP contribution in [0.4, 0.5) is 0 Å². The summed E-state index contributed by atoms with van der Waals surface area (Å²) in [7, 11) is -3.79. The quantitative estimate of drug-likeness (QED) is 0.720. The van der Waals surface area contributed by atoms with Gasteiger partial charge in [-0.1, -0.05) is 13.8 Å². The molecular formula is C15H22NO5S-. The Morgan fingerprint density at radius 1 is 1.36 bits per heavy atom. The number of carboxylic acids is 1. The second-order valence-electron chi connectivity index (χ2n) is 7.51. The number of carbonyl (C=O) groups is 2. The number of nitrogens with zero attached hydrogens (tertiary/aromatic N) is 1. The molecule has 0 spiro atoms. The lowest BCUT2D eigenvalue weighted by molar-refractivity contribution is -0.309. The predicted molar refractivity (Wildman–Crippen MR) is 77.1 cm³/mol. The molecule has 7 heteroatoms. The molecule has 3 atom stereocenters. The first-order valence-corrected chi connectivity index (χ1v) is 9.46. The monoisotopic (exact) mass is 328 g/mol. The Kier molecular flexibility index (Phi) is 3.45. The van der Waals surface area contributed by atoms with E-state index in [-0.39, 0.29) is 35.8 Å². The molecule has 1 aliphatic heterocycles. The van der Waals surface area contributed by atoms with Crippen LogP contribution in [0.1, 0.15) is 46.0 Å². The lowest BCUT2D eigenvalue weighted by Gasteiger charge is -2.38. The molecule has 1 saturated heterocycles. The Morgan fingerprint density at radius 3 is 2.55 bits per heavy atom. The van der Waals surface area contributed by atoms with Crippen molar-refractivity contribution in [1.29, 1.82) is 0 Å². The maximum absolute atomic E-state index is 12.8. The zero-order valence-electron chi connectivity index (χ0n) is 13.0. The Labute approximate surface area is 130 Å². The van der Waals surface area contributed by atoms with E-state index in [9.17, 15) is 23.1 Å². The molecule has 0 aromatic rings. The molecule has 0 unspecified atom stereocenters. The third-order valence-corrected chi connectivity index (χ3v) is 8.41. The average molecular weight is 328 g/mol. The predicted octanol–water partition coefficient (Wildman–Crippen LogP) is -0.0741. The van der Waals surface area contributed by atoms with Crippen molar-refractivity contribution in [2.24, 2.45) is 16.7 Å². The summed E-state index contributed by atoms with van der Waals surface area (Å²) in [5.41, 5.74) is -1.19. The van der Waals surface area contributed by atoms with Crippen molar-refractivity contribution >= 4 is 21.8 Å². The summed E-state index contributed by atoms with van der Waals surface area (Å²) in [6.45, 7) is 4.16.